The van der Waals surface area contributed by atoms with Gasteiger partial charge in [-0.2, -0.15) is 0 Å². The molecule has 2 N–H and O–H groups in total. The second-order valence-corrected chi connectivity index (χ2v) is 6.60. The van der Waals surface area contributed by atoms with Crippen LogP contribution in [0.3, 0.4) is 0 Å². The standard InChI is InChI=1S/C19H16ClF3N4O3/c1-11-25-17(26-27(11)15-5-3-2-4-14(15)20)18(29)24-10-16(28)12-6-8-13(9-7-12)30-19(21,22)23/h2-9,16,28H,10H2,1H3,(H,24,29). The first-order valence-corrected chi connectivity index (χ1v) is 9.02. The van der Waals surface area contributed by atoms with Gasteiger partial charge in [0.15, 0.2) is 0 Å². The van der Waals surface area contributed by atoms with E-state index in [2.05, 4.69) is 20.1 Å². The van der Waals surface area contributed by atoms with Crippen molar-refractivity contribution in [1.82, 2.24) is 20.1 Å². The average Bonchev–Trinajstić information content (AvgIpc) is 3.07. The van der Waals surface area contributed by atoms with Gasteiger partial charge in [0.2, 0.25) is 5.82 Å². The molecule has 1 heterocycles. The zero-order valence-electron chi connectivity index (χ0n) is 15.5. The molecule has 11 heteroatoms. The number of aliphatic hydroxyl groups excluding tert-OH is 1. The molecule has 0 saturated heterocycles. The Bertz CT molecular complexity index is 1040. The van der Waals surface area contributed by atoms with E-state index in [0.717, 1.165) is 12.1 Å². The highest BCUT2D eigenvalue weighted by molar-refractivity contribution is 6.32. The van der Waals surface area contributed by atoms with Gasteiger partial charge in [0.1, 0.15) is 11.6 Å². The molecule has 3 aromatic rings. The Balaban J connectivity index is 1.63. The summed E-state index contributed by atoms with van der Waals surface area (Å²) in [5.41, 5.74) is 0.861. The topological polar surface area (TPSA) is 89.3 Å². The SMILES string of the molecule is Cc1nc(C(=O)NCC(O)c2ccc(OC(F)(F)F)cc2)nn1-c1ccccc1Cl. The Morgan fingerprint density at radius 3 is 2.53 bits per heavy atom. The van der Waals surface area contributed by atoms with Gasteiger partial charge in [-0.25, -0.2) is 9.67 Å². The molecule has 0 bridgehead atoms. The van der Waals surface area contributed by atoms with Crippen LogP contribution in [0.25, 0.3) is 5.69 Å². The molecule has 1 amide bonds. The van der Waals surface area contributed by atoms with Crippen molar-refractivity contribution in [2.75, 3.05) is 6.54 Å². The third-order valence-electron chi connectivity index (χ3n) is 4.01. The number of carbonyl (C=O) groups is 1. The number of aromatic nitrogens is 3. The maximum absolute atomic E-state index is 12.3. The number of aryl methyl sites for hydroxylation is 1. The summed E-state index contributed by atoms with van der Waals surface area (Å²) in [5, 5.41) is 17.2. The zero-order chi connectivity index (χ0) is 21.9. The van der Waals surface area contributed by atoms with Crippen LogP contribution in [0.15, 0.2) is 48.5 Å². The van der Waals surface area contributed by atoms with Gasteiger partial charge >= 0.3 is 6.36 Å². The summed E-state index contributed by atoms with van der Waals surface area (Å²) in [6.07, 6.45) is -5.95. The Morgan fingerprint density at radius 1 is 1.23 bits per heavy atom. The number of rotatable bonds is 6. The second kappa shape index (κ2) is 8.72. The third-order valence-corrected chi connectivity index (χ3v) is 4.33. The van der Waals surface area contributed by atoms with Gasteiger partial charge in [-0.1, -0.05) is 35.9 Å². The predicted octanol–water partition coefficient (Wildman–Crippen LogP) is 3.59. The summed E-state index contributed by atoms with van der Waals surface area (Å²) in [4.78, 5) is 16.4. The maximum atomic E-state index is 12.3. The van der Waals surface area contributed by atoms with Crippen LogP contribution in [-0.2, 0) is 0 Å². The highest BCUT2D eigenvalue weighted by Gasteiger charge is 2.31. The first-order valence-electron chi connectivity index (χ1n) is 8.64. The van der Waals surface area contributed by atoms with Gasteiger partial charge in [-0.3, -0.25) is 4.79 Å². The normalized spacial score (nSPS) is 12.5. The molecule has 1 unspecified atom stereocenters. The molecule has 0 spiro atoms. The van der Waals surface area contributed by atoms with Gasteiger partial charge in [0, 0.05) is 6.54 Å². The van der Waals surface area contributed by atoms with Crippen molar-refractivity contribution in [3.63, 3.8) is 0 Å². The maximum Gasteiger partial charge on any atom is 0.573 e. The molecule has 0 aliphatic heterocycles. The Labute approximate surface area is 174 Å². The molecule has 0 aliphatic rings. The molecular formula is C19H16ClF3N4O3. The summed E-state index contributed by atoms with van der Waals surface area (Å²) < 4.78 is 41.8. The number of amides is 1. The molecule has 2 aromatic carbocycles. The van der Waals surface area contributed by atoms with Crippen LogP contribution in [0.1, 0.15) is 28.1 Å². The molecule has 0 radical (unpaired) electrons. The first kappa shape index (κ1) is 21.6. The highest BCUT2D eigenvalue weighted by atomic mass is 35.5. The fourth-order valence-corrected chi connectivity index (χ4v) is 2.83. The molecule has 1 aromatic heterocycles. The number of carbonyl (C=O) groups excluding carboxylic acids is 1. The summed E-state index contributed by atoms with van der Waals surface area (Å²) in [5.74, 6) is -0.713. The largest absolute Gasteiger partial charge is 0.573 e. The summed E-state index contributed by atoms with van der Waals surface area (Å²) in [6.45, 7) is 1.46. The lowest BCUT2D eigenvalue weighted by Gasteiger charge is -2.13. The van der Waals surface area contributed by atoms with Crippen molar-refractivity contribution in [1.29, 1.82) is 0 Å². The quantitative estimate of drug-likeness (QED) is 0.611. The number of alkyl halides is 3. The van der Waals surface area contributed by atoms with Crippen LogP contribution in [0.5, 0.6) is 5.75 Å². The number of nitrogens with zero attached hydrogens (tertiary/aromatic N) is 3. The van der Waals surface area contributed by atoms with Crippen LogP contribution in [-0.4, -0.2) is 38.7 Å². The minimum Gasteiger partial charge on any atom is -0.406 e. The number of hydrogen-bond donors (Lipinski definition) is 2. The fourth-order valence-electron chi connectivity index (χ4n) is 2.62. The van der Waals surface area contributed by atoms with Gasteiger partial charge < -0.3 is 15.2 Å². The van der Waals surface area contributed by atoms with Crippen LogP contribution in [0.4, 0.5) is 13.2 Å². The molecule has 0 aliphatic carbocycles. The van der Waals surface area contributed by atoms with Crippen molar-refractivity contribution in [2.45, 2.75) is 19.4 Å². The fraction of sp³-hybridized carbons (Fsp3) is 0.211. The monoisotopic (exact) mass is 440 g/mol. The minimum absolute atomic E-state index is 0.117. The van der Waals surface area contributed by atoms with Crippen molar-refractivity contribution in [3.05, 3.63) is 70.8 Å². The zero-order valence-corrected chi connectivity index (χ0v) is 16.3. The molecule has 7 nitrogen and oxygen atoms in total. The van der Waals surface area contributed by atoms with Crippen molar-refractivity contribution >= 4 is 17.5 Å². The Kier molecular flexibility index (Phi) is 6.28. The van der Waals surface area contributed by atoms with Crippen LogP contribution < -0.4 is 10.1 Å². The van der Waals surface area contributed by atoms with E-state index in [1.165, 1.54) is 16.8 Å². The van der Waals surface area contributed by atoms with E-state index in [1.807, 2.05) is 0 Å². The number of para-hydroxylation sites is 1. The summed E-state index contributed by atoms with van der Waals surface area (Å²) in [7, 11) is 0. The highest BCUT2D eigenvalue weighted by Crippen LogP contribution is 2.24. The van der Waals surface area contributed by atoms with E-state index >= 15 is 0 Å². The van der Waals surface area contributed by atoms with Gasteiger partial charge in [0.25, 0.3) is 5.91 Å². The molecule has 0 saturated carbocycles. The lowest BCUT2D eigenvalue weighted by atomic mass is 10.1. The molecule has 0 fully saturated rings. The minimum atomic E-state index is -4.80. The predicted molar refractivity (Wildman–Crippen MR) is 102 cm³/mol. The van der Waals surface area contributed by atoms with E-state index < -0.39 is 24.1 Å². The van der Waals surface area contributed by atoms with E-state index in [0.29, 0.717) is 22.1 Å². The number of nitrogens with one attached hydrogen (secondary N) is 1. The Hall–Kier alpha value is -3.11. The average molecular weight is 441 g/mol. The first-order chi connectivity index (χ1) is 14.1. The van der Waals surface area contributed by atoms with E-state index in [4.69, 9.17) is 11.6 Å². The summed E-state index contributed by atoms with van der Waals surface area (Å²) in [6, 6.07) is 11.6. The van der Waals surface area contributed by atoms with Gasteiger partial charge in [-0.15, -0.1) is 18.3 Å². The number of benzene rings is 2. The van der Waals surface area contributed by atoms with Gasteiger partial charge in [0.05, 0.1) is 16.8 Å². The third kappa shape index (κ3) is 5.28. The van der Waals surface area contributed by atoms with Crippen molar-refractivity contribution in [3.8, 4) is 11.4 Å². The van der Waals surface area contributed by atoms with Crippen molar-refractivity contribution in [2.24, 2.45) is 0 Å². The molecule has 158 valence electrons. The number of halogens is 4. The molecule has 3 rings (SSSR count). The number of hydrogen-bond acceptors (Lipinski definition) is 5. The molecule has 1 atom stereocenters. The Morgan fingerprint density at radius 2 is 1.90 bits per heavy atom. The molecule has 30 heavy (non-hydrogen) atoms. The van der Waals surface area contributed by atoms with E-state index in [9.17, 15) is 23.1 Å². The van der Waals surface area contributed by atoms with E-state index in [1.54, 1.807) is 31.2 Å². The van der Waals surface area contributed by atoms with Gasteiger partial charge in [-0.05, 0) is 36.8 Å². The second-order valence-electron chi connectivity index (χ2n) is 6.19. The summed E-state index contributed by atoms with van der Waals surface area (Å²) >= 11 is 6.14. The number of ether oxygens (including phenoxy) is 1. The smallest absolute Gasteiger partial charge is 0.406 e. The van der Waals surface area contributed by atoms with Crippen LogP contribution >= 0.6 is 11.6 Å². The van der Waals surface area contributed by atoms with Crippen LogP contribution in [0.2, 0.25) is 5.02 Å². The van der Waals surface area contributed by atoms with E-state index in [-0.39, 0.29) is 12.4 Å². The number of aliphatic hydroxyl groups is 1. The van der Waals surface area contributed by atoms with Crippen molar-refractivity contribution < 1.29 is 27.8 Å². The van der Waals surface area contributed by atoms with Crippen LogP contribution in [0, 0.1) is 6.92 Å². The lowest BCUT2D eigenvalue weighted by Crippen LogP contribution is -2.29. The lowest BCUT2D eigenvalue weighted by molar-refractivity contribution is -0.274. The molecular weight excluding hydrogens is 425 g/mol.